The van der Waals surface area contributed by atoms with Crippen LogP contribution < -0.4 is 15.1 Å². The quantitative estimate of drug-likeness (QED) is 0.141. The minimum absolute atomic E-state index is 0.913. The molecule has 0 atom stereocenters. The molecule has 0 N–H and O–H groups in total. The fraction of sp³-hybridized carbons (Fsp3) is 0.412. The minimum atomic E-state index is -1.90. The molecule has 3 rings (SSSR count). The third-order valence-electron chi connectivity index (χ3n) is 7.91. The first-order valence-corrected chi connectivity index (χ1v) is 20.7. The maximum atomic E-state index is 5.49. The summed E-state index contributed by atoms with van der Waals surface area (Å²) < 4.78 is 8.25. The highest BCUT2D eigenvalue weighted by Gasteiger charge is 2.31. The summed E-state index contributed by atoms with van der Waals surface area (Å²) in [6.07, 6.45) is 10.5. The molecule has 0 aromatic heterocycles. The summed E-state index contributed by atoms with van der Waals surface area (Å²) in [5, 5.41) is 3.01. The van der Waals surface area contributed by atoms with Crippen molar-refractivity contribution in [3.63, 3.8) is 0 Å². The van der Waals surface area contributed by atoms with Crippen LogP contribution in [0.25, 0.3) is 5.57 Å². The molecule has 0 aliphatic carbocycles. The van der Waals surface area contributed by atoms with Gasteiger partial charge in [-0.15, -0.1) is 0 Å². The fourth-order valence-corrected chi connectivity index (χ4v) is 10.3. The molecule has 38 heavy (non-hydrogen) atoms. The number of allylic oxidation sites excluding steroid dienone is 1. The molecule has 0 aliphatic rings. The number of nitrogens with zero attached hydrogens (tertiary/aromatic N) is 1. The van der Waals surface area contributed by atoms with E-state index in [0.717, 1.165) is 18.3 Å². The van der Waals surface area contributed by atoms with Crippen LogP contribution in [0.3, 0.4) is 0 Å². The predicted molar refractivity (Wildman–Crippen MR) is 173 cm³/mol. The fourth-order valence-electron chi connectivity index (χ4n) is 5.26. The van der Waals surface area contributed by atoms with Crippen molar-refractivity contribution in [3.05, 3.63) is 96.7 Å². The second-order valence-corrected chi connectivity index (χ2v) is 20.7. The Kier molecular flexibility index (Phi) is 11.5. The molecule has 0 unspecified atom stereocenters. The van der Waals surface area contributed by atoms with Crippen molar-refractivity contribution in [2.75, 3.05) is 13.7 Å². The van der Waals surface area contributed by atoms with Crippen LogP contribution in [-0.2, 0) is 0 Å². The van der Waals surface area contributed by atoms with Gasteiger partial charge in [0.25, 0.3) is 0 Å². The zero-order valence-electron chi connectivity index (χ0n) is 24.7. The summed E-state index contributed by atoms with van der Waals surface area (Å²) in [4.78, 5) is 0. The average molecular weight is 544 g/mol. The van der Waals surface area contributed by atoms with Crippen LogP contribution in [0.2, 0.25) is 32.2 Å². The third kappa shape index (κ3) is 8.47. The number of methoxy groups -OCH3 is 1. The molecule has 3 aromatic rings. The highest BCUT2D eigenvalue weighted by atomic mass is 28.3. The van der Waals surface area contributed by atoms with Crippen molar-refractivity contribution in [3.8, 4) is 5.75 Å². The Bertz CT molecular complexity index is 1110. The van der Waals surface area contributed by atoms with Crippen molar-refractivity contribution in [2.45, 2.75) is 77.7 Å². The molecular weight excluding hydrogens is 495 g/mol. The summed E-state index contributed by atoms with van der Waals surface area (Å²) >= 11 is 0. The lowest BCUT2D eigenvalue weighted by atomic mass is 10.1. The molecule has 0 fully saturated rings. The molecule has 4 heteroatoms. The second-order valence-electron chi connectivity index (χ2n) is 11.7. The number of hydrogen-bond donors (Lipinski definition) is 0. The Morgan fingerprint density at radius 1 is 0.711 bits per heavy atom. The maximum Gasteiger partial charge on any atom is 0.181 e. The third-order valence-corrected chi connectivity index (χ3v) is 14.6. The number of ether oxygens (including phenoxy) is 1. The van der Waals surface area contributed by atoms with Gasteiger partial charge in [-0.3, -0.25) is 0 Å². The molecule has 2 nitrogen and oxygen atoms in total. The van der Waals surface area contributed by atoms with Gasteiger partial charge in [0.2, 0.25) is 0 Å². The number of hydrogen-bond acceptors (Lipinski definition) is 2. The lowest BCUT2D eigenvalue weighted by Gasteiger charge is -2.38. The van der Waals surface area contributed by atoms with E-state index in [1.165, 1.54) is 60.0 Å². The number of benzene rings is 3. The summed E-state index contributed by atoms with van der Waals surface area (Å²) in [6, 6.07) is 32.2. The standard InChI is InChI=1S/C34H49NOSi2/c1-7-8-9-10-11-18-27-35(38(5,6)34-21-16-13-17-22-34)28-31(30-23-25-32(36-2)26-24-30)29-37(3,4)33-19-14-12-15-20-33/h12-17,19-26,28H,7-11,18,27,29H2,1-6H3/b31-28-. The van der Waals surface area contributed by atoms with Gasteiger partial charge < -0.3 is 9.30 Å². The van der Waals surface area contributed by atoms with Crippen LogP contribution in [0, 0.1) is 0 Å². The van der Waals surface area contributed by atoms with E-state index in [1.54, 1.807) is 7.11 Å². The molecule has 0 spiro atoms. The zero-order chi connectivity index (χ0) is 27.4. The summed E-state index contributed by atoms with van der Waals surface area (Å²) in [5.41, 5.74) is 2.77. The van der Waals surface area contributed by atoms with Gasteiger partial charge in [0.15, 0.2) is 8.24 Å². The molecule has 0 heterocycles. The molecule has 0 bridgehead atoms. The Balaban J connectivity index is 2.00. The van der Waals surface area contributed by atoms with Gasteiger partial charge in [0, 0.05) is 6.54 Å². The van der Waals surface area contributed by atoms with Gasteiger partial charge in [0.1, 0.15) is 5.75 Å². The van der Waals surface area contributed by atoms with E-state index in [9.17, 15) is 0 Å². The number of unbranched alkanes of at least 4 members (excludes halogenated alkanes) is 5. The van der Waals surface area contributed by atoms with Gasteiger partial charge in [-0.1, -0.05) is 130 Å². The second kappa shape index (κ2) is 14.5. The minimum Gasteiger partial charge on any atom is -0.497 e. The van der Waals surface area contributed by atoms with E-state index >= 15 is 0 Å². The maximum absolute atomic E-state index is 5.49. The molecule has 0 amide bonds. The Morgan fingerprint density at radius 2 is 1.26 bits per heavy atom. The zero-order valence-corrected chi connectivity index (χ0v) is 26.7. The van der Waals surface area contributed by atoms with Crippen molar-refractivity contribution in [2.24, 2.45) is 0 Å². The largest absolute Gasteiger partial charge is 0.497 e. The van der Waals surface area contributed by atoms with Gasteiger partial charge in [0.05, 0.1) is 15.2 Å². The van der Waals surface area contributed by atoms with Crippen molar-refractivity contribution >= 4 is 32.3 Å². The van der Waals surface area contributed by atoms with Crippen LogP contribution in [0.1, 0.15) is 51.0 Å². The van der Waals surface area contributed by atoms with Gasteiger partial charge in [-0.2, -0.15) is 0 Å². The molecular formula is C34H49NOSi2. The highest BCUT2D eigenvalue weighted by molar-refractivity contribution is 6.91. The Labute approximate surface area is 234 Å². The molecule has 204 valence electrons. The predicted octanol–water partition coefficient (Wildman–Crippen LogP) is 8.43. The molecule has 0 radical (unpaired) electrons. The normalized spacial score (nSPS) is 12.4. The van der Waals surface area contributed by atoms with E-state index in [2.05, 4.69) is 129 Å². The first kappa shape index (κ1) is 30.0. The van der Waals surface area contributed by atoms with Crippen molar-refractivity contribution < 1.29 is 4.74 Å². The van der Waals surface area contributed by atoms with Crippen LogP contribution in [0.5, 0.6) is 5.75 Å². The number of rotatable bonds is 15. The SMILES string of the molecule is CCCCCCCCN(/C=C(/C[Si](C)(C)c1ccccc1)c1ccc(OC)cc1)[Si](C)(C)c1ccccc1. The van der Waals surface area contributed by atoms with E-state index in [-0.39, 0.29) is 0 Å². The van der Waals surface area contributed by atoms with Crippen molar-refractivity contribution in [1.29, 1.82) is 0 Å². The summed E-state index contributed by atoms with van der Waals surface area (Å²) in [5.74, 6) is 0.913. The summed E-state index contributed by atoms with van der Waals surface area (Å²) in [7, 11) is -1.88. The van der Waals surface area contributed by atoms with Crippen LogP contribution >= 0.6 is 0 Å². The summed E-state index contributed by atoms with van der Waals surface area (Å²) in [6.45, 7) is 13.5. The monoisotopic (exact) mass is 543 g/mol. The van der Waals surface area contributed by atoms with E-state index in [1.807, 2.05) is 0 Å². The lowest BCUT2D eigenvalue weighted by Crippen LogP contribution is -2.56. The van der Waals surface area contributed by atoms with Crippen molar-refractivity contribution in [1.82, 2.24) is 4.57 Å². The average Bonchev–Trinajstić information content (AvgIpc) is 2.94. The van der Waals surface area contributed by atoms with Gasteiger partial charge in [-0.25, -0.2) is 0 Å². The highest BCUT2D eigenvalue weighted by Crippen LogP contribution is 2.29. The van der Waals surface area contributed by atoms with Crippen LogP contribution in [0.15, 0.2) is 91.1 Å². The molecule has 0 saturated carbocycles. The van der Waals surface area contributed by atoms with E-state index in [4.69, 9.17) is 4.74 Å². The van der Waals surface area contributed by atoms with Gasteiger partial charge >= 0.3 is 0 Å². The topological polar surface area (TPSA) is 12.5 Å². The van der Waals surface area contributed by atoms with Crippen LogP contribution in [0.4, 0.5) is 0 Å². The first-order chi connectivity index (χ1) is 18.3. The lowest BCUT2D eigenvalue weighted by molar-refractivity contribution is 0.415. The molecule has 0 saturated heterocycles. The smallest absolute Gasteiger partial charge is 0.181 e. The molecule has 0 aliphatic heterocycles. The Hall–Kier alpha value is -2.57. The Morgan fingerprint density at radius 3 is 1.84 bits per heavy atom. The molecule has 3 aromatic carbocycles. The first-order valence-electron chi connectivity index (χ1n) is 14.5. The van der Waals surface area contributed by atoms with E-state index in [0.29, 0.717) is 0 Å². The van der Waals surface area contributed by atoms with Crippen LogP contribution in [-0.4, -0.2) is 34.5 Å². The van der Waals surface area contributed by atoms with Gasteiger partial charge in [-0.05, 0) is 60.2 Å². The van der Waals surface area contributed by atoms with E-state index < -0.39 is 16.3 Å².